The van der Waals surface area contributed by atoms with Gasteiger partial charge in [-0.05, 0) is 41.5 Å². The normalized spacial score (nSPS) is 19.4. The first-order chi connectivity index (χ1) is 11.0. The summed E-state index contributed by atoms with van der Waals surface area (Å²) >= 11 is 0. The molecule has 1 fully saturated rings. The molecule has 3 rings (SSSR count). The Bertz CT molecular complexity index is 692. The minimum absolute atomic E-state index is 0.0279. The van der Waals surface area contributed by atoms with Crippen molar-refractivity contribution in [3.05, 3.63) is 65.2 Å². The third kappa shape index (κ3) is 3.67. The molecular weight excluding hydrogens is 302 g/mol. The number of hydrogen-bond acceptors (Lipinski definition) is 2. The van der Waals surface area contributed by atoms with E-state index < -0.39 is 23.4 Å². The van der Waals surface area contributed by atoms with Crippen LogP contribution in [0.15, 0.2) is 42.5 Å². The molecule has 120 valence electrons. The molecule has 3 nitrogen and oxygen atoms in total. The number of halogens is 2. The van der Waals surface area contributed by atoms with E-state index >= 15 is 0 Å². The highest BCUT2D eigenvalue weighted by Crippen LogP contribution is 2.50. The minimum atomic E-state index is -0.888. The highest BCUT2D eigenvalue weighted by Gasteiger charge is 2.40. The number of hydrogen-bond donors (Lipinski definition) is 1. The molecule has 23 heavy (non-hydrogen) atoms. The third-order valence-electron chi connectivity index (χ3n) is 4.03. The standard InChI is InChI=1S/C18H16F2O3/c19-15-7-13(14-6-12(14)9-17(21)22)8-16(20)18(15)23-10-11-4-2-1-3-5-11/h1-5,7-8,12,14H,6,9-10H2,(H,21,22). The molecule has 2 atom stereocenters. The summed E-state index contributed by atoms with van der Waals surface area (Å²) in [6.45, 7) is 0.0824. The Labute approximate surface area is 132 Å². The highest BCUT2D eigenvalue weighted by atomic mass is 19.1. The maximum atomic E-state index is 14.1. The van der Waals surface area contributed by atoms with Crippen LogP contribution in [0.4, 0.5) is 8.78 Å². The average molecular weight is 318 g/mol. The van der Waals surface area contributed by atoms with Crippen LogP contribution in [0.5, 0.6) is 5.75 Å². The van der Waals surface area contributed by atoms with Gasteiger partial charge in [0.2, 0.25) is 0 Å². The quantitative estimate of drug-likeness (QED) is 0.871. The predicted molar refractivity (Wildman–Crippen MR) is 80.2 cm³/mol. The maximum Gasteiger partial charge on any atom is 0.303 e. The molecule has 1 aliphatic rings. The van der Waals surface area contributed by atoms with Crippen molar-refractivity contribution in [2.75, 3.05) is 0 Å². The highest BCUT2D eigenvalue weighted by molar-refractivity contribution is 5.67. The van der Waals surface area contributed by atoms with Gasteiger partial charge in [0, 0.05) is 6.42 Å². The Morgan fingerprint density at radius 3 is 2.43 bits per heavy atom. The van der Waals surface area contributed by atoms with Crippen LogP contribution in [0.25, 0.3) is 0 Å². The van der Waals surface area contributed by atoms with Crippen molar-refractivity contribution in [1.82, 2.24) is 0 Å². The van der Waals surface area contributed by atoms with Gasteiger partial charge in [0.05, 0.1) is 0 Å². The smallest absolute Gasteiger partial charge is 0.303 e. The molecule has 1 N–H and O–H groups in total. The van der Waals surface area contributed by atoms with Gasteiger partial charge < -0.3 is 9.84 Å². The van der Waals surface area contributed by atoms with E-state index in [0.29, 0.717) is 12.0 Å². The molecule has 0 spiro atoms. The molecule has 0 radical (unpaired) electrons. The third-order valence-corrected chi connectivity index (χ3v) is 4.03. The number of ether oxygens (including phenoxy) is 1. The molecule has 0 saturated heterocycles. The van der Waals surface area contributed by atoms with Gasteiger partial charge in [0.25, 0.3) is 0 Å². The number of benzene rings is 2. The van der Waals surface area contributed by atoms with Crippen LogP contribution in [0, 0.1) is 17.6 Å². The fraction of sp³-hybridized carbons (Fsp3) is 0.278. The van der Waals surface area contributed by atoms with Crippen molar-refractivity contribution < 1.29 is 23.4 Å². The van der Waals surface area contributed by atoms with Gasteiger partial charge in [-0.15, -0.1) is 0 Å². The molecular formula is C18H16F2O3. The van der Waals surface area contributed by atoms with Crippen LogP contribution >= 0.6 is 0 Å². The summed E-state index contributed by atoms with van der Waals surface area (Å²) in [6.07, 6.45) is 0.676. The summed E-state index contributed by atoms with van der Waals surface area (Å²) < 4.78 is 33.5. The number of carbonyl (C=O) groups is 1. The van der Waals surface area contributed by atoms with Gasteiger partial charge in [-0.2, -0.15) is 0 Å². The van der Waals surface area contributed by atoms with E-state index in [4.69, 9.17) is 9.84 Å². The average Bonchev–Trinajstić information content (AvgIpc) is 3.25. The van der Waals surface area contributed by atoms with Gasteiger partial charge in [-0.25, -0.2) is 8.78 Å². The number of rotatable bonds is 6. The Morgan fingerprint density at radius 1 is 1.17 bits per heavy atom. The first kappa shape index (κ1) is 15.5. The second kappa shape index (κ2) is 6.36. The first-order valence-electron chi connectivity index (χ1n) is 7.42. The SMILES string of the molecule is O=C(O)CC1CC1c1cc(F)c(OCc2ccccc2)c(F)c1. The zero-order valence-corrected chi connectivity index (χ0v) is 12.3. The van der Waals surface area contributed by atoms with Crippen molar-refractivity contribution >= 4 is 5.97 Å². The molecule has 0 aromatic heterocycles. The zero-order valence-electron chi connectivity index (χ0n) is 12.3. The topological polar surface area (TPSA) is 46.5 Å². The van der Waals surface area contributed by atoms with E-state index in [1.807, 2.05) is 30.3 Å². The van der Waals surface area contributed by atoms with Gasteiger partial charge >= 0.3 is 5.97 Å². The molecule has 1 saturated carbocycles. The van der Waals surface area contributed by atoms with Gasteiger partial charge in [0.15, 0.2) is 17.4 Å². The van der Waals surface area contributed by atoms with E-state index in [0.717, 1.165) is 5.56 Å². The fourth-order valence-electron chi connectivity index (χ4n) is 2.77. The summed E-state index contributed by atoms with van der Waals surface area (Å²) in [7, 11) is 0. The van der Waals surface area contributed by atoms with Crippen LogP contribution in [-0.4, -0.2) is 11.1 Å². The van der Waals surface area contributed by atoms with Crippen molar-refractivity contribution in [3.63, 3.8) is 0 Å². The molecule has 0 amide bonds. The summed E-state index contributed by atoms with van der Waals surface area (Å²) in [5.41, 5.74) is 1.32. The lowest BCUT2D eigenvalue weighted by atomic mass is 10.1. The molecule has 0 heterocycles. The second-order valence-corrected chi connectivity index (χ2v) is 5.79. The number of carboxylic acid groups (broad SMARTS) is 1. The Hall–Kier alpha value is -2.43. The second-order valence-electron chi connectivity index (χ2n) is 5.79. The largest absolute Gasteiger partial charge is 0.483 e. The molecule has 1 aliphatic carbocycles. The molecule has 0 aliphatic heterocycles. The monoisotopic (exact) mass is 318 g/mol. The van der Waals surface area contributed by atoms with E-state index in [1.165, 1.54) is 12.1 Å². The minimum Gasteiger partial charge on any atom is -0.483 e. The van der Waals surface area contributed by atoms with E-state index in [9.17, 15) is 13.6 Å². The first-order valence-corrected chi connectivity index (χ1v) is 7.42. The molecule has 2 aromatic carbocycles. The van der Waals surface area contributed by atoms with Crippen LogP contribution in [0.3, 0.4) is 0 Å². The summed E-state index contributed by atoms with van der Waals surface area (Å²) in [6, 6.07) is 11.6. The van der Waals surface area contributed by atoms with Crippen molar-refractivity contribution in [3.8, 4) is 5.75 Å². The van der Waals surface area contributed by atoms with E-state index in [-0.39, 0.29) is 24.9 Å². The Balaban J connectivity index is 1.70. The van der Waals surface area contributed by atoms with Crippen molar-refractivity contribution in [1.29, 1.82) is 0 Å². The maximum absolute atomic E-state index is 14.1. The van der Waals surface area contributed by atoms with Gasteiger partial charge in [0.1, 0.15) is 6.61 Å². The Morgan fingerprint density at radius 2 is 1.83 bits per heavy atom. The lowest BCUT2D eigenvalue weighted by Crippen LogP contribution is -2.01. The number of carboxylic acids is 1. The fourth-order valence-corrected chi connectivity index (χ4v) is 2.77. The summed E-state index contributed by atoms with van der Waals surface area (Å²) in [5, 5.41) is 8.75. The van der Waals surface area contributed by atoms with Crippen molar-refractivity contribution in [2.45, 2.75) is 25.4 Å². The number of aliphatic carboxylic acids is 1. The van der Waals surface area contributed by atoms with Gasteiger partial charge in [-0.3, -0.25) is 4.79 Å². The lowest BCUT2D eigenvalue weighted by Gasteiger charge is -2.10. The lowest BCUT2D eigenvalue weighted by molar-refractivity contribution is -0.137. The zero-order chi connectivity index (χ0) is 16.4. The van der Waals surface area contributed by atoms with Crippen LogP contribution in [0.2, 0.25) is 0 Å². The summed E-state index contributed by atoms with van der Waals surface area (Å²) in [4.78, 5) is 10.7. The van der Waals surface area contributed by atoms with Gasteiger partial charge in [-0.1, -0.05) is 30.3 Å². The van der Waals surface area contributed by atoms with E-state index in [1.54, 1.807) is 0 Å². The molecule has 0 bridgehead atoms. The van der Waals surface area contributed by atoms with E-state index in [2.05, 4.69) is 0 Å². The molecule has 2 aromatic rings. The van der Waals surface area contributed by atoms with Crippen LogP contribution < -0.4 is 4.74 Å². The van der Waals surface area contributed by atoms with Crippen LogP contribution in [0.1, 0.15) is 29.9 Å². The predicted octanol–water partition coefficient (Wildman–Crippen LogP) is 4.12. The summed E-state index contributed by atoms with van der Waals surface area (Å²) in [5.74, 6) is -2.91. The molecule has 5 heteroatoms. The van der Waals surface area contributed by atoms with Crippen LogP contribution in [-0.2, 0) is 11.4 Å². The van der Waals surface area contributed by atoms with Crippen molar-refractivity contribution in [2.24, 2.45) is 5.92 Å². The Kier molecular flexibility index (Phi) is 4.28. The molecule has 2 unspecified atom stereocenters.